The largest absolute Gasteiger partial charge is 0.416 e. The number of hydrogen-bond donors (Lipinski definition) is 1. The summed E-state index contributed by atoms with van der Waals surface area (Å²) in [5.41, 5.74) is 2.23. The van der Waals surface area contributed by atoms with Crippen LogP contribution in [-0.2, 0) is 23.8 Å². The van der Waals surface area contributed by atoms with Crippen LogP contribution in [0.3, 0.4) is 0 Å². The van der Waals surface area contributed by atoms with E-state index in [-0.39, 0.29) is 18.0 Å². The zero-order valence-corrected chi connectivity index (χ0v) is 13.0. The number of carbonyl (C=O) groups excluding carboxylic acids is 2. The van der Waals surface area contributed by atoms with E-state index >= 15 is 0 Å². The molecule has 7 heteroatoms. The molecule has 0 aromatic heterocycles. The molecule has 0 unspecified atom stereocenters. The minimum atomic E-state index is -4.47. The number of rotatable bonds is 2. The van der Waals surface area contributed by atoms with Crippen molar-refractivity contribution in [2.75, 3.05) is 16.8 Å². The standard InChI is InChI=1S/C18H13F3N2O2/c19-18(20,21)13-2-1-3-14(9-13)22-17(25)12-6-10-4-5-23-15(24)8-11(7-12)16(10)23/h1-3,6-7,9H,4-5,8H2,(H,22,25). The highest BCUT2D eigenvalue weighted by atomic mass is 19.4. The van der Waals surface area contributed by atoms with Crippen LogP contribution in [0.15, 0.2) is 36.4 Å². The van der Waals surface area contributed by atoms with Crippen LogP contribution in [-0.4, -0.2) is 18.4 Å². The molecule has 2 heterocycles. The number of halogens is 3. The summed E-state index contributed by atoms with van der Waals surface area (Å²) in [6.45, 7) is 0.611. The van der Waals surface area contributed by atoms with E-state index in [1.807, 2.05) is 0 Å². The molecule has 2 aliphatic heterocycles. The summed E-state index contributed by atoms with van der Waals surface area (Å²) in [6, 6.07) is 7.86. The molecule has 0 bridgehead atoms. The summed E-state index contributed by atoms with van der Waals surface area (Å²) < 4.78 is 38.3. The van der Waals surface area contributed by atoms with Crippen LogP contribution in [0.1, 0.15) is 27.0 Å². The predicted octanol–water partition coefficient (Wildman–Crippen LogP) is 3.40. The van der Waals surface area contributed by atoms with Gasteiger partial charge >= 0.3 is 6.18 Å². The highest BCUT2D eigenvalue weighted by molar-refractivity contribution is 6.08. The average molecular weight is 346 g/mol. The highest BCUT2D eigenvalue weighted by Crippen LogP contribution is 2.38. The Labute approximate surface area is 141 Å². The molecule has 0 radical (unpaired) electrons. The summed E-state index contributed by atoms with van der Waals surface area (Å²) in [5, 5.41) is 2.50. The summed E-state index contributed by atoms with van der Waals surface area (Å²) in [7, 11) is 0. The maximum absolute atomic E-state index is 12.8. The van der Waals surface area contributed by atoms with E-state index in [2.05, 4.69) is 5.32 Å². The van der Waals surface area contributed by atoms with Crippen LogP contribution >= 0.6 is 0 Å². The van der Waals surface area contributed by atoms with E-state index in [1.165, 1.54) is 12.1 Å². The Morgan fingerprint density at radius 2 is 1.88 bits per heavy atom. The maximum Gasteiger partial charge on any atom is 0.416 e. The van der Waals surface area contributed by atoms with Crippen molar-refractivity contribution in [1.82, 2.24) is 0 Å². The SMILES string of the molecule is O=C(Nc1cccc(C(F)(F)F)c1)c1cc2c3c(c1)CC(=O)N3CC2. The monoisotopic (exact) mass is 346 g/mol. The molecule has 0 aliphatic carbocycles. The Hall–Kier alpha value is -2.83. The zero-order valence-electron chi connectivity index (χ0n) is 13.0. The Balaban J connectivity index is 1.61. The Kier molecular flexibility index (Phi) is 3.35. The van der Waals surface area contributed by atoms with Gasteiger partial charge in [0.1, 0.15) is 0 Å². The smallest absolute Gasteiger partial charge is 0.322 e. The number of amides is 2. The van der Waals surface area contributed by atoms with Crippen LogP contribution in [0, 0.1) is 0 Å². The van der Waals surface area contributed by atoms with Crippen molar-refractivity contribution in [3.8, 4) is 0 Å². The molecule has 0 saturated heterocycles. The van der Waals surface area contributed by atoms with Crippen molar-refractivity contribution >= 4 is 23.2 Å². The second-order valence-corrected chi connectivity index (χ2v) is 6.15. The number of anilines is 2. The van der Waals surface area contributed by atoms with Gasteiger partial charge in [-0.1, -0.05) is 6.07 Å². The zero-order chi connectivity index (χ0) is 17.8. The number of alkyl halides is 3. The first-order valence-electron chi connectivity index (χ1n) is 7.78. The lowest BCUT2D eigenvalue weighted by Crippen LogP contribution is -2.24. The van der Waals surface area contributed by atoms with Gasteiger partial charge in [-0.05, 0) is 47.9 Å². The molecule has 2 aliphatic rings. The molecule has 4 rings (SSSR count). The Morgan fingerprint density at radius 1 is 1.12 bits per heavy atom. The van der Waals surface area contributed by atoms with E-state index in [0.29, 0.717) is 18.5 Å². The molecular weight excluding hydrogens is 333 g/mol. The van der Waals surface area contributed by atoms with Crippen LogP contribution in [0.4, 0.5) is 24.5 Å². The van der Waals surface area contributed by atoms with Gasteiger partial charge in [-0.2, -0.15) is 13.2 Å². The highest BCUT2D eigenvalue weighted by Gasteiger charge is 2.35. The molecule has 128 valence electrons. The number of benzene rings is 2. The molecule has 25 heavy (non-hydrogen) atoms. The van der Waals surface area contributed by atoms with E-state index in [9.17, 15) is 22.8 Å². The quantitative estimate of drug-likeness (QED) is 0.906. The van der Waals surface area contributed by atoms with Crippen molar-refractivity contribution in [3.05, 3.63) is 58.7 Å². The third-order valence-corrected chi connectivity index (χ3v) is 4.50. The number of nitrogens with one attached hydrogen (secondary N) is 1. The van der Waals surface area contributed by atoms with Gasteiger partial charge in [-0.15, -0.1) is 0 Å². The van der Waals surface area contributed by atoms with Gasteiger partial charge in [-0.3, -0.25) is 9.59 Å². The third-order valence-electron chi connectivity index (χ3n) is 4.50. The Bertz CT molecular complexity index is 906. The van der Waals surface area contributed by atoms with Gasteiger partial charge in [0.25, 0.3) is 5.91 Å². The third kappa shape index (κ3) is 2.65. The topological polar surface area (TPSA) is 49.4 Å². The molecular formula is C18H13F3N2O2. The van der Waals surface area contributed by atoms with Crippen molar-refractivity contribution < 1.29 is 22.8 Å². The fourth-order valence-electron chi connectivity index (χ4n) is 3.39. The molecule has 0 atom stereocenters. The number of carbonyl (C=O) groups is 2. The lowest BCUT2D eigenvalue weighted by atomic mass is 10.0. The molecule has 1 N–H and O–H groups in total. The molecule has 2 aromatic carbocycles. The molecule has 0 fully saturated rings. The second-order valence-electron chi connectivity index (χ2n) is 6.15. The predicted molar refractivity (Wildman–Crippen MR) is 85.6 cm³/mol. The molecule has 2 aromatic rings. The first-order valence-corrected chi connectivity index (χ1v) is 7.78. The fourth-order valence-corrected chi connectivity index (χ4v) is 3.39. The van der Waals surface area contributed by atoms with Gasteiger partial charge in [0.2, 0.25) is 5.91 Å². The second kappa shape index (κ2) is 5.34. The van der Waals surface area contributed by atoms with Crippen molar-refractivity contribution in [1.29, 1.82) is 0 Å². The van der Waals surface area contributed by atoms with E-state index in [0.717, 1.165) is 28.9 Å². The van der Waals surface area contributed by atoms with E-state index in [4.69, 9.17) is 0 Å². The summed E-state index contributed by atoms with van der Waals surface area (Å²) in [5.74, 6) is -0.472. The molecule has 2 amide bonds. The normalized spacial score (nSPS) is 15.5. The van der Waals surface area contributed by atoms with Crippen molar-refractivity contribution in [2.24, 2.45) is 0 Å². The van der Waals surface area contributed by atoms with Crippen LogP contribution in [0.5, 0.6) is 0 Å². The van der Waals surface area contributed by atoms with Crippen LogP contribution < -0.4 is 10.2 Å². The van der Waals surface area contributed by atoms with Crippen molar-refractivity contribution in [2.45, 2.75) is 19.0 Å². The van der Waals surface area contributed by atoms with Crippen LogP contribution in [0.2, 0.25) is 0 Å². The van der Waals surface area contributed by atoms with Gasteiger partial charge in [0, 0.05) is 17.8 Å². The molecule has 0 saturated carbocycles. The van der Waals surface area contributed by atoms with Gasteiger partial charge < -0.3 is 10.2 Å². The van der Waals surface area contributed by atoms with Gasteiger partial charge in [0.05, 0.1) is 17.7 Å². The fraction of sp³-hybridized carbons (Fsp3) is 0.222. The van der Waals surface area contributed by atoms with E-state index < -0.39 is 17.6 Å². The van der Waals surface area contributed by atoms with Crippen LogP contribution in [0.25, 0.3) is 0 Å². The van der Waals surface area contributed by atoms with E-state index in [1.54, 1.807) is 17.0 Å². The van der Waals surface area contributed by atoms with Gasteiger partial charge in [0.15, 0.2) is 0 Å². The van der Waals surface area contributed by atoms with Crippen molar-refractivity contribution in [3.63, 3.8) is 0 Å². The molecule has 4 nitrogen and oxygen atoms in total. The lowest BCUT2D eigenvalue weighted by molar-refractivity contribution is -0.137. The summed E-state index contributed by atoms with van der Waals surface area (Å²) >= 11 is 0. The first-order chi connectivity index (χ1) is 11.8. The lowest BCUT2D eigenvalue weighted by Gasteiger charge is -2.11. The minimum absolute atomic E-state index is 0.0178. The summed E-state index contributed by atoms with van der Waals surface area (Å²) in [6.07, 6.45) is -3.53. The first kappa shape index (κ1) is 15.7. The minimum Gasteiger partial charge on any atom is -0.322 e. The maximum atomic E-state index is 12.8. The average Bonchev–Trinajstić information content (AvgIpc) is 3.12. The number of nitrogens with zero attached hydrogens (tertiary/aromatic N) is 1. The summed E-state index contributed by atoms with van der Waals surface area (Å²) in [4.78, 5) is 26.1. The molecule has 0 spiro atoms. The Morgan fingerprint density at radius 3 is 2.64 bits per heavy atom. The number of hydrogen-bond acceptors (Lipinski definition) is 2. The van der Waals surface area contributed by atoms with Gasteiger partial charge in [-0.25, -0.2) is 0 Å².